The standard InChI is InChI=1S/C14H21ClN2/c1-11(9-16-3)10-17(4)12(2)13-6-5-7-14(15)8-13/h5-8,12,16H,1,9-10H2,2-4H3. The second-order valence-corrected chi connectivity index (χ2v) is 4.86. The van der Waals surface area contributed by atoms with Crippen LogP contribution in [0.3, 0.4) is 0 Å². The maximum Gasteiger partial charge on any atom is 0.0409 e. The number of halogens is 1. The van der Waals surface area contributed by atoms with Gasteiger partial charge in [-0.05, 0) is 44.3 Å². The zero-order valence-electron chi connectivity index (χ0n) is 10.8. The van der Waals surface area contributed by atoms with Gasteiger partial charge in [0.2, 0.25) is 0 Å². The largest absolute Gasteiger partial charge is 0.316 e. The Morgan fingerprint density at radius 1 is 1.53 bits per heavy atom. The highest BCUT2D eigenvalue weighted by atomic mass is 35.5. The fraction of sp³-hybridized carbons (Fsp3) is 0.429. The third-order valence-corrected chi connectivity index (χ3v) is 3.13. The van der Waals surface area contributed by atoms with Gasteiger partial charge in [-0.3, -0.25) is 4.90 Å². The fourth-order valence-electron chi connectivity index (χ4n) is 1.82. The molecule has 2 nitrogen and oxygen atoms in total. The number of hydrogen-bond donors (Lipinski definition) is 1. The molecule has 0 fully saturated rings. The molecule has 0 bridgehead atoms. The molecular formula is C14H21ClN2. The lowest BCUT2D eigenvalue weighted by atomic mass is 10.1. The molecule has 0 radical (unpaired) electrons. The summed E-state index contributed by atoms with van der Waals surface area (Å²) in [6.45, 7) is 7.96. The van der Waals surface area contributed by atoms with E-state index in [0.29, 0.717) is 6.04 Å². The first-order chi connectivity index (χ1) is 8.04. The summed E-state index contributed by atoms with van der Waals surface area (Å²) >= 11 is 6.00. The first-order valence-corrected chi connectivity index (χ1v) is 6.19. The highest BCUT2D eigenvalue weighted by molar-refractivity contribution is 6.30. The molecule has 0 aliphatic carbocycles. The van der Waals surface area contributed by atoms with E-state index in [9.17, 15) is 0 Å². The third-order valence-electron chi connectivity index (χ3n) is 2.89. The van der Waals surface area contributed by atoms with Crippen molar-refractivity contribution in [2.45, 2.75) is 13.0 Å². The summed E-state index contributed by atoms with van der Waals surface area (Å²) in [5, 5.41) is 3.90. The Balaban J connectivity index is 2.63. The van der Waals surface area contributed by atoms with Gasteiger partial charge in [-0.25, -0.2) is 0 Å². The van der Waals surface area contributed by atoms with Gasteiger partial charge >= 0.3 is 0 Å². The van der Waals surface area contributed by atoms with E-state index in [1.807, 2.05) is 25.2 Å². The molecule has 0 aromatic heterocycles. The van der Waals surface area contributed by atoms with E-state index in [2.05, 4.69) is 36.8 Å². The first-order valence-electron chi connectivity index (χ1n) is 5.81. The van der Waals surface area contributed by atoms with Gasteiger partial charge in [-0.1, -0.05) is 30.3 Å². The predicted octanol–water partition coefficient (Wildman–Crippen LogP) is 3.11. The van der Waals surface area contributed by atoms with Crippen LogP contribution in [0.5, 0.6) is 0 Å². The molecule has 0 saturated carbocycles. The Morgan fingerprint density at radius 3 is 2.82 bits per heavy atom. The molecule has 1 N–H and O–H groups in total. The Bertz CT molecular complexity index is 376. The van der Waals surface area contributed by atoms with Crippen LogP contribution in [0.25, 0.3) is 0 Å². The van der Waals surface area contributed by atoms with Gasteiger partial charge < -0.3 is 5.32 Å². The molecule has 3 heteroatoms. The van der Waals surface area contributed by atoms with Crippen molar-refractivity contribution in [1.82, 2.24) is 10.2 Å². The van der Waals surface area contributed by atoms with Crippen LogP contribution in [0.15, 0.2) is 36.4 Å². The van der Waals surface area contributed by atoms with Crippen LogP contribution in [0.2, 0.25) is 5.02 Å². The molecule has 1 atom stereocenters. The molecule has 94 valence electrons. The predicted molar refractivity (Wildman–Crippen MR) is 75.6 cm³/mol. The van der Waals surface area contributed by atoms with E-state index < -0.39 is 0 Å². The lowest BCUT2D eigenvalue weighted by molar-refractivity contribution is 0.282. The van der Waals surface area contributed by atoms with E-state index in [1.54, 1.807) is 0 Å². The molecule has 0 heterocycles. The summed E-state index contributed by atoms with van der Waals surface area (Å²) in [6, 6.07) is 8.35. The van der Waals surface area contributed by atoms with Crippen LogP contribution < -0.4 is 5.32 Å². The van der Waals surface area contributed by atoms with Crippen molar-refractivity contribution in [3.8, 4) is 0 Å². The second-order valence-electron chi connectivity index (χ2n) is 4.43. The van der Waals surface area contributed by atoms with Gasteiger partial charge in [0.05, 0.1) is 0 Å². The quantitative estimate of drug-likeness (QED) is 0.783. The molecule has 1 aromatic carbocycles. The minimum Gasteiger partial charge on any atom is -0.316 e. The van der Waals surface area contributed by atoms with Crippen molar-refractivity contribution in [2.75, 3.05) is 27.2 Å². The van der Waals surface area contributed by atoms with Crippen molar-refractivity contribution in [3.05, 3.63) is 47.0 Å². The highest BCUT2D eigenvalue weighted by Gasteiger charge is 2.12. The molecule has 17 heavy (non-hydrogen) atoms. The molecule has 0 aliphatic heterocycles. The summed E-state index contributed by atoms with van der Waals surface area (Å²) in [7, 11) is 4.04. The summed E-state index contributed by atoms with van der Waals surface area (Å²) in [5.41, 5.74) is 2.42. The minimum absolute atomic E-state index is 0.335. The maximum absolute atomic E-state index is 6.00. The van der Waals surface area contributed by atoms with Gasteiger partial charge in [0.15, 0.2) is 0 Å². The lowest BCUT2D eigenvalue weighted by Gasteiger charge is -2.26. The van der Waals surface area contributed by atoms with Gasteiger partial charge in [0.1, 0.15) is 0 Å². The monoisotopic (exact) mass is 252 g/mol. The second kappa shape index (κ2) is 6.80. The van der Waals surface area contributed by atoms with Gasteiger partial charge in [0.25, 0.3) is 0 Å². The van der Waals surface area contributed by atoms with Crippen LogP contribution in [0.1, 0.15) is 18.5 Å². The van der Waals surface area contributed by atoms with Gasteiger partial charge in [-0.2, -0.15) is 0 Å². The summed E-state index contributed by atoms with van der Waals surface area (Å²) < 4.78 is 0. The number of nitrogens with zero attached hydrogens (tertiary/aromatic N) is 1. The Hall–Kier alpha value is -0.830. The smallest absolute Gasteiger partial charge is 0.0409 e. The summed E-state index contributed by atoms with van der Waals surface area (Å²) in [4.78, 5) is 2.27. The average Bonchev–Trinajstić information content (AvgIpc) is 2.28. The highest BCUT2D eigenvalue weighted by Crippen LogP contribution is 2.22. The molecule has 1 unspecified atom stereocenters. The van der Waals surface area contributed by atoms with Crippen LogP contribution >= 0.6 is 11.6 Å². The average molecular weight is 253 g/mol. The van der Waals surface area contributed by atoms with Gasteiger partial charge in [-0.15, -0.1) is 0 Å². The van der Waals surface area contributed by atoms with Crippen molar-refractivity contribution in [2.24, 2.45) is 0 Å². The van der Waals surface area contributed by atoms with Crippen LogP contribution in [0, 0.1) is 0 Å². The zero-order valence-corrected chi connectivity index (χ0v) is 11.6. The van der Waals surface area contributed by atoms with Crippen molar-refractivity contribution < 1.29 is 0 Å². The van der Waals surface area contributed by atoms with Crippen molar-refractivity contribution in [1.29, 1.82) is 0 Å². The molecule has 0 aliphatic rings. The maximum atomic E-state index is 6.00. The Kier molecular flexibility index (Phi) is 5.69. The summed E-state index contributed by atoms with van der Waals surface area (Å²) in [6.07, 6.45) is 0. The van der Waals surface area contributed by atoms with Gasteiger partial charge in [0, 0.05) is 24.2 Å². The molecule has 1 rings (SSSR count). The number of likely N-dealkylation sites (N-methyl/N-ethyl adjacent to an activating group) is 2. The van der Waals surface area contributed by atoms with Crippen LogP contribution in [-0.4, -0.2) is 32.1 Å². The van der Waals surface area contributed by atoms with E-state index >= 15 is 0 Å². The topological polar surface area (TPSA) is 15.3 Å². The third kappa shape index (κ3) is 4.50. The van der Waals surface area contributed by atoms with Crippen molar-refractivity contribution in [3.63, 3.8) is 0 Å². The number of benzene rings is 1. The molecule has 0 amide bonds. The molecule has 0 saturated heterocycles. The first kappa shape index (κ1) is 14.2. The van der Waals surface area contributed by atoms with Crippen LogP contribution in [0.4, 0.5) is 0 Å². The van der Waals surface area contributed by atoms with E-state index in [4.69, 9.17) is 11.6 Å². The number of rotatable bonds is 6. The fourth-order valence-corrected chi connectivity index (χ4v) is 2.02. The SMILES string of the molecule is C=C(CNC)CN(C)C(C)c1cccc(Cl)c1. The Morgan fingerprint density at radius 2 is 2.24 bits per heavy atom. The number of hydrogen-bond acceptors (Lipinski definition) is 2. The van der Waals surface area contributed by atoms with E-state index in [0.717, 1.165) is 18.1 Å². The lowest BCUT2D eigenvalue weighted by Crippen LogP contribution is -2.27. The van der Waals surface area contributed by atoms with Crippen LogP contribution in [-0.2, 0) is 0 Å². The Labute approximate surface area is 109 Å². The molecular weight excluding hydrogens is 232 g/mol. The van der Waals surface area contributed by atoms with Crippen molar-refractivity contribution >= 4 is 11.6 Å². The van der Waals surface area contributed by atoms with E-state index in [-0.39, 0.29) is 0 Å². The minimum atomic E-state index is 0.335. The summed E-state index contributed by atoms with van der Waals surface area (Å²) in [5.74, 6) is 0. The normalized spacial score (nSPS) is 12.8. The van der Waals surface area contributed by atoms with E-state index in [1.165, 1.54) is 11.1 Å². The number of nitrogens with one attached hydrogen (secondary N) is 1. The zero-order chi connectivity index (χ0) is 12.8. The molecule has 0 spiro atoms. The molecule has 1 aromatic rings.